The van der Waals surface area contributed by atoms with Crippen LogP contribution in [-0.2, 0) is 24.8 Å². The largest absolute Gasteiger partial charge is 0.392 e. The molecule has 30 heavy (non-hydrogen) atoms. The van der Waals surface area contributed by atoms with Crippen molar-refractivity contribution >= 4 is 15.9 Å². The van der Waals surface area contributed by atoms with Crippen LogP contribution < -0.4 is 0 Å². The van der Waals surface area contributed by atoms with Gasteiger partial charge in [-0.15, -0.1) is 0 Å². The highest BCUT2D eigenvalue weighted by Gasteiger charge is 1.98. The minimum absolute atomic E-state index is 0.114. The SMILES string of the molecule is BrCc1cccc(Cc2ccccc2)c1.OCc1cccc(Cc2ccccc2)c1. The first-order valence-electron chi connectivity index (χ1n) is 10.2. The molecule has 152 valence electrons. The average molecular weight is 459 g/mol. The van der Waals surface area contributed by atoms with E-state index in [4.69, 9.17) is 5.11 Å². The summed E-state index contributed by atoms with van der Waals surface area (Å²) < 4.78 is 0. The zero-order chi connectivity index (χ0) is 21.0. The van der Waals surface area contributed by atoms with Crippen molar-refractivity contribution < 1.29 is 5.11 Å². The molecule has 0 aliphatic rings. The molecule has 1 nitrogen and oxygen atoms in total. The molecule has 0 atom stereocenters. The van der Waals surface area contributed by atoms with E-state index in [1.54, 1.807) is 0 Å². The summed E-state index contributed by atoms with van der Waals surface area (Å²) in [5, 5.41) is 9.95. The van der Waals surface area contributed by atoms with Crippen LogP contribution in [0.2, 0.25) is 0 Å². The van der Waals surface area contributed by atoms with Crippen molar-refractivity contribution in [3.05, 3.63) is 143 Å². The molecule has 4 rings (SSSR count). The highest BCUT2D eigenvalue weighted by Crippen LogP contribution is 2.13. The molecule has 0 aliphatic heterocycles. The number of hydrogen-bond donors (Lipinski definition) is 1. The van der Waals surface area contributed by atoms with Crippen LogP contribution in [0.5, 0.6) is 0 Å². The average Bonchev–Trinajstić information content (AvgIpc) is 2.81. The fraction of sp³-hybridized carbons (Fsp3) is 0.143. The van der Waals surface area contributed by atoms with Gasteiger partial charge in [-0.05, 0) is 46.2 Å². The molecule has 0 fully saturated rings. The lowest BCUT2D eigenvalue weighted by molar-refractivity contribution is 0.281. The minimum atomic E-state index is 0.114. The summed E-state index contributed by atoms with van der Waals surface area (Å²) in [5.74, 6) is 0. The summed E-state index contributed by atoms with van der Waals surface area (Å²) in [5.41, 5.74) is 7.59. The lowest BCUT2D eigenvalue weighted by Crippen LogP contribution is -1.90. The van der Waals surface area contributed by atoms with E-state index in [-0.39, 0.29) is 6.61 Å². The van der Waals surface area contributed by atoms with Gasteiger partial charge >= 0.3 is 0 Å². The van der Waals surface area contributed by atoms with Gasteiger partial charge in [0.05, 0.1) is 6.61 Å². The first kappa shape index (κ1) is 22.0. The van der Waals surface area contributed by atoms with Gasteiger partial charge in [0.25, 0.3) is 0 Å². The second kappa shape index (κ2) is 12.1. The molecule has 0 aromatic heterocycles. The van der Waals surface area contributed by atoms with Crippen LogP contribution in [0.1, 0.15) is 33.4 Å². The molecule has 0 bridgehead atoms. The molecule has 0 unspecified atom stereocenters. The van der Waals surface area contributed by atoms with E-state index in [2.05, 4.69) is 88.7 Å². The fourth-order valence-corrected chi connectivity index (χ4v) is 3.67. The molecule has 0 amide bonds. The van der Waals surface area contributed by atoms with Crippen LogP contribution in [0.4, 0.5) is 0 Å². The van der Waals surface area contributed by atoms with Gasteiger partial charge in [0.1, 0.15) is 0 Å². The number of rotatable bonds is 6. The van der Waals surface area contributed by atoms with Crippen LogP contribution in [0, 0.1) is 0 Å². The molecule has 4 aromatic rings. The molecule has 0 radical (unpaired) electrons. The van der Waals surface area contributed by atoms with E-state index in [0.717, 1.165) is 23.7 Å². The van der Waals surface area contributed by atoms with Crippen molar-refractivity contribution in [2.45, 2.75) is 24.8 Å². The summed E-state index contributed by atoms with van der Waals surface area (Å²) in [7, 11) is 0. The summed E-state index contributed by atoms with van der Waals surface area (Å²) in [4.78, 5) is 0. The van der Waals surface area contributed by atoms with Crippen LogP contribution >= 0.6 is 15.9 Å². The van der Waals surface area contributed by atoms with Crippen molar-refractivity contribution in [3.63, 3.8) is 0 Å². The van der Waals surface area contributed by atoms with Crippen molar-refractivity contribution in [1.29, 1.82) is 0 Å². The smallest absolute Gasteiger partial charge is 0.0681 e. The number of aliphatic hydroxyl groups is 1. The Morgan fingerprint density at radius 3 is 1.33 bits per heavy atom. The van der Waals surface area contributed by atoms with E-state index in [9.17, 15) is 0 Å². The van der Waals surface area contributed by atoms with Crippen LogP contribution in [0.15, 0.2) is 109 Å². The Hall–Kier alpha value is -2.68. The number of aliphatic hydroxyl groups excluding tert-OH is 1. The van der Waals surface area contributed by atoms with Gasteiger partial charge in [-0.1, -0.05) is 125 Å². The van der Waals surface area contributed by atoms with E-state index >= 15 is 0 Å². The summed E-state index contributed by atoms with van der Waals surface area (Å²) >= 11 is 3.48. The maximum atomic E-state index is 9.03. The van der Waals surface area contributed by atoms with Gasteiger partial charge in [0, 0.05) is 5.33 Å². The molecular formula is C28H27BrO. The normalized spacial score (nSPS) is 10.2. The van der Waals surface area contributed by atoms with Crippen molar-refractivity contribution in [3.8, 4) is 0 Å². The molecule has 0 saturated carbocycles. The van der Waals surface area contributed by atoms with Gasteiger partial charge < -0.3 is 5.11 Å². The zero-order valence-corrected chi connectivity index (χ0v) is 18.6. The quantitative estimate of drug-likeness (QED) is 0.310. The number of halogens is 1. The topological polar surface area (TPSA) is 20.2 Å². The predicted octanol–water partition coefficient (Wildman–Crippen LogP) is 6.94. The van der Waals surface area contributed by atoms with Gasteiger partial charge in [-0.3, -0.25) is 0 Å². The molecule has 1 N–H and O–H groups in total. The molecule has 4 aromatic carbocycles. The summed E-state index contributed by atoms with van der Waals surface area (Å²) in [6.07, 6.45) is 1.94. The first-order valence-corrected chi connectivity index (χ1v) is 11.3. The molecular weight excluding hydrogens is 432 g/mol. The van der Waals surface area contributed by atoms with E-state index in [0.29, 0.717) is 0 Å². The second-order valence-electron chi connectivity index (χ2n) is 7.26. The Labute approximate surface area is 188 Å². The second-order valence-corrected chi connectivity index (χ2v) is 7.82. The van der Waals surface area contributed by atoms with Gasteiger partial charge in [-0.25, -0.2) is 0 Å². The van der Waals surface area contributed by atoms with Crippen molar-refractivity contribution in [1.82, 2.24) is 0 Å². The van der Waals surface area contributed by atoms with Crippen LogP contribution in [-0.4, -0.2) is 5.11 Å². The standard InChI is InChI=1S/C14H13Br.C14H14O/c2*15-11-14-8-4-7-13(10-14)9-12-5-2-1-3-6-12/h1-8,10H,9,11H2;1-8,10,15H,9,11H2. The minimum Gasteiger partial charge on any atom is -0.392 e. The lowest BCUT2D eigenvalue weighted by atomic mass is 10.0. The Morgan fingerprint density at radius 2 is 0.867 bits per heavy atom. The predicted molar refractivity (Wildman–Crippen MR) is 130 cm³/mol. The molecule has 0 heterocycles. The Kier molecular flexibility index (Phi) is 8.89. The van der Waals surface area contributed by atoms with Gasteiger partial charge in [0.15, 0.2) is 0 Å². The maximum Gasteiger partial charge on any atom is 0.0681 e. The third kappa shape index (κ3) is 7.29. The van der Waals surface area contributed by atoms with E-state index in [1.165, 1.54) is 27.8 Å². The highest BCUT2D eigenvalue weighted by atomic mass is 79.9. The number of alkyl halides is 1. The van der Waals surface area contributed by atoms with Crippen molar-refractivity contribution in [2.75, 3.05) is 0 Å². The summed E-state index contributed by atoms with van der Waals surface area (Å²) in [6, 6.07) is 37.7. The molecule has 0 spiro atoms. The van der Waals surface area contributed by atoms with Gasteiger partial charge in [-0.2, -0.15) is 0 Å². The van der Waals surface area contributed by atoms with E-state index < -0.39 is 0 Å². The Morgan fingerprint density at radius 1 is 0.467 bits per heavy atom. The fourth-order valence-electron chi connectivity index (χ4n) is 3.32. The summed E-state index contributed by atoms with van der Waals surface area (Å²) in [6.45, 7) is 0.114. The lowest BCUT2D eigenvalue weighted by Gasteiger charge is -2.03. The maximum absolute atomic E-state index is 9.03. The van der Waals surface area contributed by atoms with Gasteiger partial charge in [0.2, 0.25) is 0 Å². The Balaban J connectivity index is 0.000000171. The monoisotopic (exact) mass is 458 g/mol. The van der Waals surface area contributed by atoms with Crippen molar-refractivity contribution in [2.24, 2.45) is 0 Å². The highest BCUT2D eigenvalue weighted by molar-refractivity contribution is 9.08. The number of benzene rings is 4. The van der Waals surface area contributed by atoms with E-state index in [1.807, 2.05) is 36.4 Å². The first-order chi connectivity index (χ1) is 14.8. The molecule has 0 aliphatic carbocycles. The van der Waals surface area contributed by atoms with Crippen LogP contribution in [0.3, 0.4) is 0 Å². The third-order valence-electron chi connectivity index (χ3n) is 4.82. The Bertz CT molecular complexity index is 928. The zero-order valence-electron chi connectivity index (χ0n) is 17.0. The molecule has 0 saturated heterocycles. The third-order valence-corrected chi connectivity index (χ3v) is 5.47. The number of hydrogen-bond acceptors (Lipinski definition) is 1. The molecule has 2 heteroatoms. The van der Waals surface area contributed by atoms with Crippen LogP contribution in [0.25, 0.3) is 0 Å².